The largest absolute Gasteiger partial charge is 0.457 e. The van der Waals surface area contributed by atoms with Gasteiger partial charge in [0.05, 0.1) is 6.54 Å². The average Bonchev–Trinajstić information content (AvgIpc) is 2.48. The van der Waals surface area contributed by atoms with Crippen molar-refractivity contribution >= 4 is 5.96 Å². The number of nitrogens with zero attached hydrogens (tertiary/aromatic N) is 1. The third-order valence-corrected chi connectivity index (χ3v) is 2.84. The summed E-state index contributed by atoms with van der Waals surface area (Å²) in [5.41, 5.74) is 6.78. The molecule has 0 amide bonds. The molecule has 0 aliphatic carbocycles. The maximum Gasteiger partial charge on any atom is 0.189 e. The highest BCUT2D eigenvalue weighted by Gasteiger charge is 1.99. The van der Waals surface area contributed by atoms with Crippen LogP contribution in [0.25, 0.3) is 0 Å². The van der Waals surface area contributed by atoms with Crippen molar-refractivity contribution < 1.29 is 9.13 Å². The first-order valence-electron chi connectivity index (χ1n) is 7.12. The molecule has 116 valence electrons. The van der Waals surface area contributed by atoms with Crippen molar-refractivity contribution in [1.29, 1.82) is 0 Å². The summed E-state index contributed by atoms with van der Waals surface area (Å²) in [6.45, 7) is 4.51. The van der Waals surface area contributed by atoms with Gasteiger partial charge in [0.1, 0.15) is 17.3 Å². The Labute approximate surface area is 129 Å². The first-order chi connectivity index (χ1) is 10.5. The van der Waals surface area contributed by atoms with Crippen LogP contribution in [0.1, 0.15) is 19.4 Å². The Morgan fingerprint density at radius 2 is 1.64 bits per heavy atom. The number of benzene rings is 2. The fourth-order valence-electron chi connectivity index (χ4n) is 1.82. The van der Waals surface area contributed by atoms with Crippen molar-refractivity contribution in [1.82, 2.24) is 5.32 Å². The predicted molar refractivity (Wildman–Crippen MR) is 86.5 cm³/mol. The lowest BCUT2D eigenvalue weighted by atomic mass is 10.2. The molecule has 0 bridgehead atoms. The lowest BCUT2D eigenvalue weighted by Crippen LogP contribution is -2.36. The van der Waals surface area contributed by atoms with Gasteiger partial charge >= 0.3 is 0 Å². The van der Waals surface area contributed by atoms with Gasteiger partial charge in [-0.25, -0.2) is 9.38 Å². The predicted octanol–water partition coefficient (Wildman–Crippen LogP) is 3.43. The molecule has 5 heteroatoms. The van der Waals surface area contributed by atoms with Crippen LogP contribution in [0, 0.1) is 5.82 Å². The Morgan fingerprint density at radius 1 is 1.09 bits per heavy atom. The number of aliphatic imine (C=N–C) groups is 1. The quantitative estimate of drug-likeness (QED) is 0.657. The SMILES string of the molecule is CC(C)NC(N)=NCc1ccc(Oc2ccc(F)cc2)cc1. The number of hydrogen-bond acceptors (Lipinski definition) is 2. The topological polar surface area (TPSA) is 59.6 Å². The number of nitrogens with one attached hydrogen (secondary N) is 1. The summed E-state index contributed by atoms with van der Waals surface area (Å²) in [5, 5.41) is 3.03. The van der Waals surface area contributed by atoms with Crippen molar-refractivity contribution in [3.8, 4) is 11.5 Å². The number of rotatable bonds is 5. The van der Waals surface area contributed by atoms with Gasteiger partial charge in [-0.3, -0.25) is 0 Å². The molecule has 0 unspecified atom stereocenters. The summed E-state index contributed by atoms with van der Waals surface area (Å²) in [7, 11) is 0. The van der Waals surface area contributed by atoms with E-state index < -0.39 is 0 Å². The summed E-state index contributed by atoms with van der Waals surface area (Å²) in [6, 6.07) is 13.7. The first-order valence-corrected chi connectivity index (χ1v) is 7.12. The van der Waals surface area contributed by atoms with Crippen LogP contribution in [0.5, 0.6) is 11.5 Å². The minimum atomic E-state index is -0.284. The molecule has 0 aliphatic heterocycles. The van der Waals surface area contributed by atoms with Gasteiger partial charge in [0, 0.05) is 6.04 Å². The molecule has 0 aliphatic rings. The minimum Gasteiger partial charge on any atom is -0.457 e. The van der Waals surface area contributed by atoms with Crippen molar-refractivity contribution in [3.05, 3.63) is 59.9 Å². The molecule has 0 spiro atoms. The third-order valence-electron chi connectivity index (χ3n) is 2.84. The van der Waals surface area contributed by atoms with Crippen LogP contribution in [-0.4, -0.2) is 12.0 Å². The summed E-state index contributed by atoms with van der Waals surface area (Å²) < 4.78 is 18.5. The van der Waals surface area contributed by atoms with Gasteiger partial charge in [-0.15, -0.1) is 0 Å². The lowest BCUT2D eigenvalue weighted by molar-refractivity contribution is 0.480. The van der Waals surface area contributed by atoms with Crippen LogP contribution in [-0.2, 0) is 6.54 Å². The Balaban J connectivity index is 1.94. The first kappa shape index (κ1) is 15.8. The van der Waals surface area contributed by atoms with E-state index in [2.05, 4.69) is 10.3 Å². The third kappa shape index (κ3) is 5.09. The zero-order valence-corrected chi connectivity index (χ0v) is 12.7. The Morgan fingerprint density at radius 3 is 2.18 bits per heavy atom. The molecule has 0 saturated heterocycles. The van der Waals surface area contributed by atoms with E-state index in [9.17, 15) is 4.39 Å². The maximum atomic E-state index is 12.8. The van der Waals surface area contributed by atoms with Crippen molar-refractivity contribution in [2.75, 3.05) is 0 Å². The van der Waals surface area contributed by atoms with Crippen LogP contribution in [0.4, 0.5) is 4.39 Å². The van der Waals surface area contributed by atoms with Crippen molar-refractivity contribution in [3.63, 3.8) is 0 Å². The molecule has 3 N–H and O–H groups in total. The molecular weight excluding hydrogens is 281 g/mol. The van der Waals surface area contributed by atoms with Gasteiger partial charge in [-0.05, 0) is 55.8 Å². The summed E-state index contributed by atoms with van der Waals surface area (Å²) in [4.78, 5) is 4.26. The van der Waals surface area contributed by atoms with E-state index in [1.165, 1.54) is 12.1 Å². The fraction of sp³-hybridized carbons (Fsp3) is 0.235. The van der Waals surface area contributed by atoms with Gasteiger partial charge in [0.25, 0.3) is 0 Å². The average molecular weight is 301 g/mol. The van der Waals surface area contributed by atoms with E-state index in [4.69, 9.17) is 10.5 Å². The summed E-state index contributed by atoms with van der Waals surface area (Å²) >= 11 is 0. The Bertz CT molecular complexity index is 621. The molecule has 22 heavy (non-hydrogen) atoms. The molecule has 0 heterocycles. The van der Waals surface area contributed by atoms with Crippen LogP contribution in [0.2, 0.25) is 0 Å². The standard InChI is InChI=1S/C17H20FN3O/c1-12(2)21-17(19)20-11-13-3-7-15(8-4-13)22-16-9-5-14(18)6-10-16/h3-10,12H,11H2,1-2H3,(H3,19,20,21). The zero-order chi connectivity index (χ0) is 15.9. The van der Waals surface area contributed by atoms with Gasteiger partial charge in [-0.2, -0.15) is 0 Å². The zero-order valence-electron chi connectivity index (χ0n) is 12.7. The molecule has 2 rings (SSSR count). The second-order valence-corrected chi connectivity index (χ2v) is 5.20. The van der Waals surface area contributed by atoms with Crippen LogP contribution < -0.4 is 15.8 Å². The highest BCUT2D eigenvalue weighted by atomic mass is 19.1. The molecule has 0 aromatic heterocycles. The van der Waals surface area contributed by atoms with E-state index >= 15 is 0 Å². The van der Waals surface area contributed by atoms with E-state index in [1.807, 2.05) is 38.1 Å². The number of guanidine groups is 1. The van der Waals surface area contributed by atoms with Gasteiger partial charge in [0.15, 0.2) is 5.96 Å². The molecule has 0 atom stereocenters. The lowest BCUT2D eigenvalue weighted by Gasteiger charge is -2.09. The summed E-state index contributed by atoms with van der Waals surface area (Å²) in [5.74, 6) is 1.43. The molecule has 0 fully saturated rings. The van der Waals surface area contributed by atoms with Crippen LogP contribution >= 0.6 is 0 Å². The van der Waals surface area contributed by atoms with Crippen molar-refractivity contribution in [2.24, 2.45) is 10.7 Å². The number of ether oxygens (including phenoxy) is 1. The molecule has 4 nitrogen and oxygen atoms in total. The normalized spacial score (nSPS) is 11.5. The smallest absolute Gasteiger partial charge is 0.189 e. The molecule has 0 saturated carbocycles. The van der Waals surface area contributed by atoms with Crippen LogP contribution in [0.3, 0.4) is 0 Å². The molecule has 2 aromatic rings. The summed E-state index contributed by atoms with van der Waals surface area (Å²) in [6.07, 6.45) is 0. The van der Waals surface area contributed by atoms with Gasteiger partial charge in [0.2, 0.25) is 0 Å². The highest BCUT2D eigenvalue weighted by molar-refractivity contribution is 5.78. The molecule has 2 aromatic carbocycles. The number of hydrogen-bond donors (Lipinski definition) is 2. The van der Waals surface area contributed by atoms with E-state index in [0.29, 0.717) is 24.0 Å². The van der Waals surface area contributed by atoms with Gasteiger partial charge in [-0.1, -0.05) is 12.1 Å². The maximum absolute atomic E-state index is 12.8. The minimum absolute atomic E-state index is 0.259. The number of halogens is 1. The Kier molecular flexibility index (Phi) is 5.36. The van der Waals surface area contributed by atoms with Gasteiger partial charge < -0.3 is 15.8 Å². The van der Waals surface area contributed by atoms with E-state index in [0.717, 1.165) is 5.56 Å². The van der Waals surface area contributed by atoms with E-state index in [-0.39, 0.29) is 11.9 Å². The van der Waals surface area contributed by atoms with Crippen molar-refractivity contribution in [2.45, 2.75) is 26.4 Å². The monoisotopic (exact) mass is 301 g/mol. The second-order valence-electron chi connectivity index (χ2n) is 5.20. The Hall–Kier alpha value is -2.56. The second kappa shape index (κ2) is 7.45. The molecule has 0 radical (unpaired) electrons. The molecular formula is C17H20FN3O. The van der Waals surface area contributed by atoms with E-state index in [1.54, 1.807) is 12.1 Å². The highest BCUT2D eigenvalue weighted by Crippen LogP contribution is 2.21. The van der Waals surface area contributed by atoms with Crippen LogP contribution in [0.15, 0.2) is 53.5 Å². The fourth-order valence-corrected chi connectivity index (χ4v) is 1.82. The number of nitrogens with two attached hydrogens (primary N) is 1.